The van der Waals surface area contributed by atoms with Crippen molar-refractivity contribution in [3.8, 4) is 0 Å². The zero-order chi connectivity index (χ0) is 15.7. The van der Waals surface area contributed by atoms with Gasteiger partial charge in [0, 0.05) is 18.1 Å². The van der Waals surface area contributed by atoms with E-state index in [-0.39, 0.29) is 11.3 Å². The Kier molecular flexibility index (Phi) is 3.73. The molecule has 1 aromatic carbocycles. The van der Waals surface area contributed by atoms with E-state index >= 15 is 0 Å². The molecule has 2 aromatic rings. The van der Waals surface area contributed by atoms with E-state index in [9.17, 15) is 4.79 Å². The molecule has 1 aliphatic rings. The van der Waals surface area contributed by atoms with Crippen LogP contribution >= 0.6 is 0 Å². The van der Waals surface area contributed by atoms with Gasteiger partial charge in [0.1, 0.15) is 0 Å². The summed E-state index contributed by atoms with van der Waals surface area (Å²) in [5.41, 5.74) is 4.38. The van der Waals surface area contributed by atoms with Crippen LogP contribution in [0.1, 0.15) is 61.0 Å². The number of nitrogens with one attached hydrogen (secondary N) is 1. The standard InChI is InChI=1S/C19H22N2O/c1-4-13-11-19(2,3)15-8-5-9-16(17(13)15)21-18(22)14-7-6-10-20-12-14/h5-10,12-13H,4,11H2,1-3H3,(H,21,22). The fourth-order valence-corrected chi connectivity index (χ4v) is 3.57. The number of pyridine rings is 1. The van der Waals surface area contributed by atoms with Crippen molar-refractivity contribution in [1.29, 1.82) is 0 Å². The van der Waals surface area contributed by atoms with E-state index in [0.717, 1.165) is 18.5 Å². The Morgan fingerprint density at radius 1 is 1.32 bits per heavy atom. The third kappa shape index (κ3) is 2.52. The van der Waals surface area contributed by atoms with E-state index in [1.54, 1.807) is 24.5 Å². The van der Waals surface area contributed by atoms with Crippen molar-refractivity contribution in [2.24, 2.45) is 0 Å². The van der Waals surface area contributed by atoms with Crippen LogP contribution in [-0.4, -0.2) is 10.9 Å². The Labute approximate surface area is 131 Å². The molecule has 0 radical (unpaired) electrons. The summed E-state index contributed by atoms with van der Waals surface area (Å²) in [5.74, 6) is 0.413. The lowest BCUT2D eigenvalue weighted by Crippen LogP contribution is -2.15. The number of rotatable bonds is 3. The van der Waals surface area contributed by atoms with Gasteiger partial charge in [0.25, 0.3) is 5.91 Å². The van der Waals surface area contributed by atoms with E-state index in [2.05, 4.69) is 37.1 Å². The lowest BCUT2D eigenvalue weighted by Gasteiger charge is -2.19. The van der Waals surface area contributed by atoms with Gasteiger partial charge in [-0.1, -0.05) is 32.9 Å². The topological polar surface area (TPSA) is 42.0 Å². The van der Waals surface area contributed by atoms with Gasteiger partial charge in [-0.25, -0.2) is 0 Å². The molecule has 0 fully saturated rings. The third-order valence-corrected chi connectivity index (χ3v) is 4.66. The van der Waals surface area contributed by atoms with Gasteiger partial charge in [0.2, 0.25) is 0 Å². The number of aromatic nitrogens is 1. The molecule has 0 saturated heterocycles. The number of benzene rings is 1. The average Bonchev–Trinajstić information content (AvgIpc) is 2.80. The summed E-state index contributed by atoms with van der Waals surface area (Å²) in [6, 6.07) is 9.81. The highest BCUT2D eigenvalue weighted by Crippen LogP contribution is 2.49. The van der Waals surface area contributed by atoms with E-state index in [1.165, 1.54) is 11.1 Å². The minimum Gasteiger partial charge on any atom is -0.322 e. The molecule has 1 unspecified atom stereocenters. The van der Waals surface area contributed by atoms with Crippen LogP contribution in [0.15, 0.2) is 42.7 Å². The number of carbonyl (C=O) groups excluding carboxylic acids is 1. The molecule has 0 bridgehead atoms. The molecule has 3 rings (SSSR count). The second-order valence-electron chi connectivity index (χ2n) is 6.66. The molecule has 1 heterocycles. The fourth-order valence-electron chi connectivity index (χ4n) is 3.57. The minimum absolute atomic E-state index is 0.0962. The van der Waals surface area contributed by atoms with Crippen molar-refractivity contribution >= 4 is 11.6 Å². The monoisotopic (exact) mass is 294 g/mol. The number of fused-ring (bicyclic) bond motifs is 1. The molecule has 0 spiro atoms. The largest absolute Gasteiger partial charge is 0.322 e. The Hall–Kier alpha value is -2.16. The second-order valence-corrected chi connectivity index (χ2v) is 6.66. The Balaban J connectivity index is 1.97. The van der Waals surface area contributed by atoms with Crippen LogP contribution < -0.4 is 5.32 Å². The summed E-state index contributed by atoms with van der Waals surface area (Å²) in [7, 11) is 0. The van der Waals surface area contributed by atoms with Crippen LogP contribution in [0.2, 0.25) is 0 Å². The normalized spacial score (nSPS) is 18.8. The highest BCUT2D eigenvalue weighted by Gasteiger charge is 2.37. The summed E-state index contributed by atoms with van der Waals surface area (Å²) in [5, 5.41) is 3.08. The van der Waals surface area contributed by atoms with Crippen molar-refractivity contribution in [3.63, 3.8) is 0 Å². The number of anilines is 1. The molecule has 3 nitrogen and oxygen atoms in total. The summed E-state index contributed by atoms with van der Waals surface area (Å²) in [6.07, 6.45) is 5.50. The summed E-state index contributed by atoms with van der Waals surface area (Å²) < 4.78 is 0. The maximum atomic E-state index is 12.4. The third-order valence-electron chi connectivity index (χ3n) is 4.66. The highest BCUT2D eigenvalue weighted by molar-refractivity contribution is 6.04. The van der Waals surface area contributed by atoms with Crippen LogP contribution in [-0.2, 0) is 5.41 Å². The van der Waals surface area contributed by atoms with E-state index < -0.39 is 0 Å². The van der Waals surface area contributed by atoms with E-state index in [0.29, 0.717) is 11.5 Å². The second kappa shape index (κ2) is 5.56. The van der Waals surface area contributed by atoms with Crippen LogP contribution in [0.25, 0.3) is 0 Å². The SMILES string of the molecule is CCC1CC(C)(C)c2cccc(NC(=O)c3cccnc3)c21. The summed E-state index contributed by atoms with van der Waals surface area (Å²) in [4.78, 5) is 16.4. The van der Waals surface area contributed by atoms with Crippen LogP contribution in [0.5, 0.6) is 0 Å². The van der Waals surface area contributed by atoms with Gasteiger partial charge in [-0.15, -0.1) is 0 Å². The van der Waals surface area contributed by atoms with Crippen molar-refractivity contribution in [2.75, 3.05) is 5.32 Å². The zero-order valence-electron chi connectivity index (χ0n) is 13.4. The van der Waals surface area contributed by atoms with E-state index in [1.807, 2.05) is 12.1 Å². The van der Waals surface area contributed by atoms with Crippen molar-refractivity contribution in [1.82, 2.24) is 4.98 Å². The van der Waals surface area contributed by atoms with Gasteiger partial charge in [-0.3, -0.25) is 9.78 Å². The first-order chi connectivity index (χ1) is 10.5. The quantitative estimate of drug-likeness (QED) is 0.905. The maximum Gasteiger partial charge on any atom is 0.257 e. The van der Waals surface area contributed by atoms with Crippen molar-refractivity contribution < 1.29 is 4.79 Å². The average molecular weight is 294 g/mol. The van der Waals surface area contributed by atoms with Gasteiger partial charge in [0.05, 0.1) is 5.56 Å². The first-order valence-electron chi connectivity index (χ1n) is 7.87. The number of carbonyl (C=O) groups is 1. The van der Waals surface area contributed by atoms with Crippen LogP contribution in [0.4, 0.5) is 5.69 Å². The van der Waals surface area contributed by atoms with Gasteiger partial charge in [-0.05, 0) is 53.5 Å². The van der Waals surface area contributed by atoms with Crippen molar-refractivity contribution in [2.45, 2.75) is 44.9 Å². The zero-order valence-corrected chi connectivity index (χ0v) is 13.4. The number of amides is 1. The summed E-state index contributed by atoms with van der Waals surface area (Å²) in [6.45, 7) is 6.79. The van der Waals surface area contributed by atoms with Gasteiger partial charge >= 0.3 is 0 Å². The predicted molar refractivity (Wildman–Crippen MR) is 89.3 cm³/mol. The molecule has 22 heavy (non-hydrogen) atoms. The lowest BCUT2D eigenvalue weighted by molar-refractivity contribution is 0.102. The molecule has 3 heteroatoms. The molecule has 1 aromatic heterocycles. The molecule has 0 aliphatic heterocycles. The number of hydrogen-bond donors (Lipinski definition) is 1. The van der Waals surface area contributed by atoms with Gasteiger partial charge in [0.15, 0.2) is 0 Å². The predicted octanol–water partition coefficient (Wildman–Crippen LogP) is 4.51. The summed E-state index contributed by atoms with van der Waals surface area (Å²) >= 11 is 0. The number of hydrogen-bond acceptors (Lipinski definition) is 2. The fraction of sp³-hybridized carbons (Fsp3) is 0.368. The van der Waals surface area contributed by atoms with Crippen molar-refractivity contribution in [3.05, 3.63) is 59.4 Å². The van der Waals surface area contributed by atoms with Gasteiger partial charge in [-0.2, -0.15) is 0 Å². The highest BCUT2D eigenvalue weighted by atomic mass is 16.1. The van der Waals surface area contributed by atoms with Gasteiger partial charge < -0.3 is 5.32 Å². The Morgan fingerprint density at radius 3 is 2.82 bits per heavy atom. The first-order valence-corrected chi connectivity index (χ1v) is 7.87. The molecule has 1 atom stereocenters. The lowest BCUT2D eigenvalue weighted by atomic mass is 9.86. The Morgan fingerprint density at radius 2 is 2.14 bits per heavy atom. The van der Waals surface area contributed by atoms with Crippen LogP contribution in [0.3, 0.4) is 0 Å². The Bertz CT molecular complexity index is 692. The molecule has 114 valence electrons. The van der Waals surface area contributed by atoms with Crippen LogP contribution in [0, 0.1) is 0 Å². The smallest absolute Gasteiger partial charge is 0.257 e. The molecule has 1 aliphatic carbocycles. The maximum absolute atomic E-state index is 12.4. The minimum atomic E-state index is -0.0962. The molecule has 1 N–H and O–H groups in total. The van der Waals surface area contributed by atoms with E-state index in [4.69, 9.17) is 0 Å². The molecule has 1 amide bonds. The number of nitrogens with zero attached hydrogens (tertiary/aromatic N) is 1. The first kappa shape index (κ1) is 14.8. The molecular formula is C19H22N2O. The molecular weight excluding hydrogens is 272 g/mol. The molecule has 0 saturated carbocycles.